The van der Waals surface area contributed by atoms with Crippen molar-refractivity contribution in [3.05, 3.63) is 53.8 Å². The summed E-state index contributed by atoms with van der Waals surface area (Å²) in [4.78, 5) is 32.7. The number of ether oxygens (including phenoxy) is 1. The van der Waals surface area contributed by atoms with Gasteiger partial charge in [-0.2, -0.15) is 0 Å². The van der Waals surface area contributed by atoms with Gasteiger partial charge in [-0.1, -0.05) is 13.0 Å². The Morgan fingerprint density at radius 3 is 2.26 bits per heavy atom. The van der Waals surface area contributed by atoms with Gasteiger partial charge in [-0.3, -0.25) is 14.6 Å². The molecule has 0 spiro atoms. The minimum Gasteiger partial charge on any atom is -0.497 e. The SMILES string of the molecule is CC/C=C(\C=NC)N1CCN(C(=O)/C=C/C(=O)c2ccc(OC)cc2)CC1. The first kappa shape index (κ1) is 20.4. The highest BCUT2D eigenvalue weighted by Crippen LogP contribution is 2.13. The third-order valence-corrected chi connectivity index (χ3v) is 4.38. The van der Waals surface area contributed by atoms with Gasteiger partial charge in [0.2, 0.25) is 5.91 Å². The Morgan fingerprint density at radius 2 is 1.70 bits per heavy atom. The van der Waals surface area contributed by atoms with E-state index in [0.29, 0.717) is 24.4 Å². The second kappa shape index (κ2) is 10.3. The van der Waals surface area contributed by atoms with Crippen LogP contribution in [-0.2, 0) is 4.79 Å². The number of carbonyl (C=O) groups excluding carboxylic acids is 2. The number of hydrogen-bond acceptors (Lipinski definition) is 5. The predicted molar refractivity (Wildman–Crippen MR) is 107 cm³/mol. The van der Waals surface area contributed by atoms with Crippen molar-refractivity contribution in [1.82, 2.24) is 9.80 Å². The molecule has 144 valence electrons. The van der Waals surface area contributed by atoms with Gasteiger partial charge in [0.15, 0.2) is 5.78 Å². The van der Waals surface area contributed by atoms with E-state index in [1.165, 1.54) is 12.2 Å². The zero-order valence-corrected chi connectivity index (χ0v) is 16.2. The average Bonchev–Trinajstić information content (AvgIpc) is 2.71. The molecule has 0 aromatic heterocycles. The van der Waals surface area contributed by atoms with Gasteiger partial charge >= 0.3 is 0 Å². The molecule has 0 N–H and O–H groups in total. The van der Waals surface area contributed by atoms with Gasteiger partial charge in [0.25, 0.3) is 0 Å². The molecule has 1 aliphatic heterocycles. The maximum atomic E-state index is 12.4. The molecule has 2 rings (SSSR count). The molecule has 0 unspecified atom stereocenters. The third kappa shape index (κ3) is 5.81. The number of ketones is 1. The summed E-state index contributed by atoms with van der Waals surface area (Å²) < 4.78 is 5.08. The number of rotatable bonds is 7. The summed E-state index contributed by atoms with van der Waals surface area (Å²) >= 11 is 0. The van der Waals surface area contributed by atoms with Crippen molar-refractivity contribution in [2.45, 2.75) is 13.3 Å². The first-order chi connectivity index (χ1) is 13.1. The second-order valence-corrected chi connectivity index (χ2v) is 6.16. The Hall–Kier alpha value is -2.89. The van der Waals surface area contributed by atoms with Gasteiger partial charge in [-0.05, 0) is 36.8 Å². The summed E-state index contributed by atoms with van der Waals surface area (Å²) in [6.45, 7) is 4.85. The Bertz CT molecular complexity index is 728. The maximum absolute atomic E-state index is 12.4. The van der Waals surface area contributed by atoms with E-state index in [2.05, 4.69) is 22.9 Å². The van der Waals surface area contributed by atoms with Gasteiger partial charge in [0.1, 0.15) is 5.75 Å². The van der Waals surface area contributed by atoms with Crippen LogP contribution in [-0.4, -0.2) is 68.0 Å². The normalized spacial score (nSPS) is 15.6. The van der Waals surface area contributed by atoms with Gasteiger partial charge in [-0.25, -0.2) is 0 Å². The van der Waals surface area contributed by atoms with Crippen LogP contribution in [0, 0.1) is 0 Å². The summed E-state index contributed by atoms with van der Waals surface area (Å²) in [5.41, 5.74) is 1.62. The second-order valence-electron chi connectivity index (χ2n) is 6.16. The molecule has 0 saturated carbocycles. The van der Waals surface area contributed by atoms with E-state index in [4.69, 9.17) is 4.74 Å². The number of amides is 1. The lowest BCUT2D eigenvalue weighted by molar-refractivity contribution is -0.127. The van der Waals surface area contributed by atoms with Crippen LogP contribution in [0.25, 0.3) is 0 Å². The van der Waals surface area contributed by atoms with Crippen molar-refractivity contribution >= 4 is 17.9 Å². The number of piperazine rings is 1. The minimum atomic E-state index is -0.197. The molecule has 6 nitrogen and oxygen atoms in total. The van der Waals surface area contributed by atoms with Crippen LogP contribution in [0.2, 0.25) is 0 Å². The molecule has 1 heterocycles. The molecular formula is C21H27N3O3. The highest BCUT2D eigenvalue weighted by Gasteiger charge is 2.20. The Labute approximate surface area is 160 Å². The van der Waals surface area contributed by atoms with E-state index in [0.717, 1.165) is 25.2 Å². The fraction of sp³-hybridized carbons (Fsp3) is 0.381. The summed E-state index contributed by atoms with van der Waals surface area (Å²) in [7, 11) is 3.33. The van der Waals surface area contributed by atoms with Gasteiger partial charge < -0.3 is 14.5 Å². The van der Waals surface area contributed by atoms with Crippen molar-refractivity contribution in [2.24, 2.45) is 4.99 Å². The van der Waals surface area contributed by atoms with Crippen LogP contribution < -0.4 is 4.74 Å². The Morgan fingerprint density at radius 1 is 1.07 bits per heavy atom. The highest BCUT2D eigenvalue weighted by molar-refractivity contribution is 6.07. The van der Waals surface area contributed by atoms with Crippen LogP contribution >= 0.6 is 0 Å². The lowest BCUT2D eigenvalue weighted by atomic mass is 10.1. The van der Waals surface area contributed by atoms with Crippen LogP contribution in [0.5, 0.6) is 5.75 Å². The van der Waals surface area contributed by atoms with Crippen molar-refractivity contribution < 1.29 is 14.3 Å². The molecule has 0 aliphatic carbocycles. The largest absolute Gasteiger partial charge is 0.497 e. The molecule has 1 amide bonds. The van der Waals surface area contributed by atoms with E-state index in [1.807, 2.05) is 6.21 Å². The molecule has 1 saturated heterocycles. The molecule has 27 heavy (non-hydrogen) atoms. The molecule has 1 aliphatic rings. The number of carbonyl (C=O) groups is 2. The van der Waals surface area contributed by atoms with Crippen molar-refractivity contribution in [3.63, 3.8) is 0 Å². The van der Waals surface area contributed by atoms with Gasteiger partial charge in [0.05, 0.1) is 12.8 Å². The number of aliphatic imine (C=N–C) groups is 1. The topological polar surface area (TPSA) is 62.2 Å². The average molecular weight is 369 g/mol. The van der Waals surface area contributed by atoms with Crippen LogP contribution in [0.4, 0.5) is 0 Å². The van der Waals surface area contributed by atoms with Crippen molar-refractivity contribution in [3.8, 4) is 5.75 Å². The summed E-state index contributed by atoms with van der Waals surface area (Å²) in [5.74, 6) is 0.354. The number of allylic oxidation sites excluding steroid dienone is 3. The third-order valence-electron chi connectivity index (χ3n) is 4.38. The first-order valence-corrected chi connectivity index (χ1v) is 9.11. The number of benzene rings is 1. The standard InChI is InChI=1S/C21H27N3O3/c1-4-5-18(16-22-2)23-12-14-24(15-13-23)21(26)11-10-20(25)17-6-8-19(27-3)9-7-17/h5-11,16H,4,12-15H2,1-3H3/b11-10+,18-5+,22-16?. The van der Waals surface area contributed by atoms with Crippen LogP contribution in [0.15, 0.2) is 53.2 Å². The predicted octanol–water partition coefficient (Wildman–Crippen LogP) is 2.57. The molecule has 0 atom stereocenters. The minimum absolute atomic E-state index is 0.137. The molecule has 6 heteroatoms. The molecule has 1 aromatic rings. The van der Waals surface area contributed by atoms with E-state index < -0.39 is 0 Å². The summed E-state index contributed by atoms with van der Waals surface area (Å²) in [5, 5.41) is 0. The summed E-state index contributed by atoms with van der Waals surface area (Å²) in [6.07, 6.45) is 7.63. The first-order valence-electron chi connectivity index (χ1n) is 9.11. The van der Waals surface area contributed by atoms with Crippen LogP contribution in [0.1, 0.15) is 23.7 Å². The zero-order valence-electron chi connectivity index (χ0n) is 16.2. The zero-order chi connectivity index (χ0) is 19.6. The van der Waals surface area contributed by atoms with E-state index in [-0.39, 0.29) is 11.7 Å². The fourth-order valence-corrected chi connectivity index (χ4v) is 2.89. The fourth-order valence-electron chi connectivity index (χ4n) is 2.89. The van der Waals surface area contributed by atoms with E-state index in [1.54, 1.807) is 43.3 Å². The van der Waals surface area contributed by atoms with E-state index in [9.17, 15) is 9.59 Å². The number of methoxy groups -OCH3 is 1. The lowest BCUT2D eigenvalue weighted by Crippen LogP contribution is -2.48. The van der Waals surface area contributed by atoms with Crippen LogP contribution in [0.3, 0.4) is 0 Å². The highest BCUT2D eigenvalue weighted by atomic mass is 16.5. The Kier molecular flexibility index (Phi) is 7.79. The maximum Gasteiger partial charge on any atom is 0.246 e. The number of nitrogens with zero attached hydrogens (tertiary/aromatic N) is 3. The Balaban J connectivity index is 1.90. The van der Waals surface area contributed by atoms with E-state index >= 15 is 0 Å². The molecular weight excluding hydrogens is 342 g/mol. The quantitative estimate of drug-likeness (QED) is 0.421. The molecule has 1 aromatic carbocycles. The molecule has 0 radical (unpaired) electrons. The van der Waals surface area contributed by atoms with Crippen molar-refractivity contribution in [1.29, 1.82) is 0 Å². The smallest absolute Gasteiger partial charge is 0.246 e. The summed E-state index contributed by atoms with van der Waals surface area (Å²) in [6, 6.07) is 6.82. The monoisotopic (exact) mass is 369 g/mol. The molecule has 1 fully saturated rings. The van der Waals surface area contributed by atoms with Gasteiger partial charge in [0, 0.05) is 51.1 Å². The van der Waals surface area contributed by atoms with Gasteiger partial charge in [-0.15, -0.1) is 0 Å². The van der Waals surface area contributed by atoms with Crippen molar-refractivity contribution in [2.75, 3.05) is 40.3 Å². The lowest BCUT2D eigenvalue weighted by Gasteiger charge is -2.36. The molecule has 0 bridgehead atoms. The number of hydrogen-bond donors (Lipinski definition) is 0.